The molecule has 2 aromatic rings. The van der Waals surface area contributed by atoms with Gasteiger partial charge in [-0.05, 0) is 56.0 Å². The molecule has 0 saturated heterocycles. The number of para-hydroxylation sites is 1. The fraction of sp³-hybridized carbons (Fsp3) is 0.381. The van der Waals surface area contributed by atoms with E-state index in [0.29, 0.717) is 12.0 Å². The van der Waals surface area contributed by atoms with Gasteiger partial charge in [0.2, 0.25) is 10.0 Å². The Morgan fingerprint density at radius 2 is 1.75 bits per heavy atom. The van der Waals surface area contributed by atoms with E-state index >= 15 is 0 Å². The van der Waals surface area contributed by atoms with Gasteiger partial charge in [0.05, 0.1) is 10.9 Å². The average Bonchev–Trinajstić information content (AvgIpc) is 3.14. The molecule has 4 rings (SSSR count). The summed E-state index contributed by atoms with van der Waals surface area (Å²) < 4.78 is 35.2. The van der Waals surface area contributed by atoms with Crippen LogP contribution in [-0.4, -0.2) is 27.0 Å². The van der Waals surface area contributed by atoms with Crippen LogP contribution in [0.15, 0.2) is 53.4 Å². The molecule has 1 aliphatic carbocycles. The van der Waals surface area contributed by atoms with Gasteiger partial charge in [-0.15, -0.1) is 0 Å². The van der Waals surface area contributed by atoms with Crippen LogP contribution in [-0.2, 0) is 10.0 Å². The summed E-state index contributed by atoms with van der Waals surface area (Å²) in [5.41, 5.74) is 0.998. The number of benzene rings is 2. The van der Waals surface area contributed by atoms with E-state index in [4.69, 9.17) is 4.74 Å². The highest BCUT2D eigenvalue weighted by Gasteiger charge is 2.44. The molecule has 2 aromatic carbocycles. The molecule has 28 heavy (non-hydrogen) atoms. The standard InChI is InChI=1S/C21H24N2O4S/c1-22-20(24)15-8-10-16(11-9-15)28(25,26)23-18-14-21(12-4-5-13-21)27-19-7-3-2-6-17(18)19/h2-3,6-11,18,23H,4-5,12-14H2,1H3,(H,22,24). The normalized spacial score (nSPS) is 20.4. The Bertz CT molecular complexity index is 980. The second-order valence-electron chi connectivity index (χ2n) is 7.51. The summed E-state index contributed by atoms with van der Waals surface area (Å²) >= 11 is 0. The first-order chi connectivity index (χ1) is 13.4. The van der Waals surface area contributed by atoms with Crippen molar-refractivity contribution in [3.63, 3.8) is 0 Å². The lowest BCUT2D eigenvalue weighted by molar-refractivity contribution is 0.0403. The summed E-state index contributed by atoms with van der Waals surface area (Å²) in [6.45, 7) is 0. The number of ether oxygens (including phenoxy) is 1. The van der Waals surface area contributed by atoms with E-state index in [9.17, 15) is 13.2 Å². The van der Waals surface area contributed by atoms with E-state index in [1.165, 1.54) is 31.3 Å². The van der Waals surface area contributed by atoms with Crippen molar-refractivity contribution in [2.75, 3.05) is 7.05 Å². The first-order valence-electron chi connectivity index (χ1n) is 9.55. The molecule has 1 fully saturated rings. The van der Waals surface area contributed by atoms with Gasteiger partial charge >= 0.3 is 0 Å². The number of rotatable bonds is 4. The maximum atomic E-state index is 13.0. The Morgan fingerprint density at radius 3 is 2.43 bits per heavy atom. The molecule has 1 aliphatic heterocycles. The number of hydrogen-bond acceptors (Lipinski definition) is 4. The molecule has 1 amide bonds. The van der Waals surface area contributed by atoms with Crippen molar-refractivity contribution in [2.45, 2.75) is 48.6 Å². The fourth-order valence-corrected chi connectivity index (χ4v) is 5.45. The van der Waals surface area contributed by atoms with E-state index in [2.05, 4.69) is 10.0 Å². The Kier molecular flexibility index (Phi) is 4.89. The van der Waals surface area contributed by atoms with Gasteiger partial charge in [-0.3, -0.25) is 4.79 Å². The third-order valence-corrected chi connectivity index (χ3v) is 7.15. The molecule has 0 aromatic heterocycles. The smallest absolute Gasteiger partial charge is 0.251 e. The van der Waals surface area contributed by atoms with Crippen LogP contribution in [0, 0.1) is 0 Å². The molecule has 2 N–H and O–H groups in total. The number of sulfonamides is 1. The second kappa shape index (κ2) is 7.22. The molecule has 1 unspecified atom stereocenters. The van der Waals surface area contributed by atoms with Crippen molar-refractivity contribution in [1.29, 1.82) is 0 Å². The number of carbonyl (C=O) groups is 1. The van der Waals surface area contributed by atoms with Crippen LogP contribution in [0.25, 0.3) is 0 Å². The molecule has 1 heterocycles. The van der Waals surface area contributed by atoms with E-state index in [0.717, 1.165) is 37.0 Å². The molecular weight excluding hydrogens is 376 g/mol. The summed E-state index contributed by atoms with van der Waals surface area (Å²) in [6.07, 6.45) is 4.71. The highest BCUT2D eigenvalue weighted by atomic mass is 32.2. The lowest BCUT2D eigenvalue weighted by atomic mass is 9.86. The topological polar surface area (TPSA) is 84.5 Å². The van der Waals surface area contributed by atoms with Gasteiger partial charge in [0.15, 0.2) is 0 Å². The van der Waals surface area contributed by atoms with Gasteiger partial charge in [-0.25, -0.2) is 13.1 Å². The number of fused-ring (bicyclic) bond motifs is 1. The summed E-state index contributed by atoms with van der Waals surface area (Å²) in [5, 5.41) is 2.53. The lowest BCUT2D eigenvalue weighted by Crippen LogP contribution is -2.43. The van der Waals surface area contributed by atoms with Crippen molar-refractivity contribution >= 4 is 15.9 Å². The Labute approximate surface area is 165 Å². The van der Waals surface area contributed by atoms with Gasteiger partial charge in [0.1, 0.15) is 11.4 Å². The Hall–Kier alpha value is -2.38. The zero-order valence-electron chi connectivity index (χ0n) is 15.8. The molecule has 0 bridgehead atoms. The van der Waals surface area contributed by atoms with Crippen LogP contribution in [0.2, 0.25) is 0 Å². The minimum atomic E-state index is -3.74. The second-order valence-corrected chi connectivity index (χ2v) is 9.23. The third-order valence-electron chi connectivity index (χ3n) is 5.66. The minimum Gasteiger partial charge on any atom is -0.487 e. The third kappa shape index (κ3) is 3.52. The predicted molar refractivity (Wildman–Crippen MR) is 106 cm³/mol. The number of hydrogen-bond donors (Lipinski definition) is 2. The molecule has 2 aliphatic rings. The molecule has 1 spiro atoms. The number of carbonyl (C=O) groups excluding carboxylic acids is 1. The van der Waals surface area contributed by atoms with Crippen LogP contribution < -0.4 is 14.8 Å². The van der Waals surface area contributed by atoms with E-state index in [1.54, 1.807) is 0 Å². The molecule has 6 nitrogen and oxygen atoms in total. The summed E-state index contributed by atoms with van der Waals surface area (Å²) in [6, 6.07) is 13.3. The maximum absolute atomic E-state index is 13.0. The first-order valence-corrected chi connectivity index (χ1v) is 11.0. The fourth-order valence-electron chi connectivity index (χ4n) is 4.23. The van der Waals surface area contributed by atoms with Crippen LogP contribution in [0.3, 0.4) is 0 Å². The predicted octanol–water partition coefficient (Wildman–Crippen LogP) is 3.16. The minimum absolute atomic E-state index is 0.143. The van der Waals surface area contributed by atoms with Crippen molar-refractivity contribution in [1.82, 2.24) is 10.0 Å². The Balaban J connectivity index is 1.62. The lowest BCUT2D eigenvalue weighted by Gasteiger charge is -2.40. The zero-order valence-corrected chi connectivity index (χ0v) is 16.6. The highest BCUT2D eigenvalue weighted by Crippen LogP contribution is 2.47. The van der Waals surface area contributed by atoms with Crippen molar-refractivity contribution in [2.24, 2.45) is 0 Å². The quantitative estimate of drug-likeness (QED) is 0.826. The number of nitrogens with one attached hydrogen (secondary N) is 2. The monoisotopic (exact) mass is 400 g/mol. The van der Waals surface area contributed by atoms with Gasteiger partial charge in [-0.1, -0.05) is 18.2 Å². The van der Waals surface area contributed by atoms with Gasteiger partial charge in [0, 0.05) is 24.6 Å². The molecule has 7 heteroatoms. The summed E-state index contributed by atoms with van der Waals surface area (Å²) in [4.78, 5) is 11.8. The van der Waals surface area contributed by atoms with Crippen LogP contribution in [0.5, 0.6) is 5.75 Å². The SMILES string of the molecule is CNC(=O)c1ccc(S(=O)(=O)NC2CC3(CCCC3)Oc3ccccc32)cc1. The average molecular weight is 401 g/mol. The molecular formula is C21H24N2O4S. The van der Waals surface area contributed by atoms with Gasteiger partial charge in [0.25, 0.3) is 5.91 Å². The van der Waals surface area contributed by atoms with E-state index in [-0.39, 0.29) is 22.4 Å². The van der Waals surface area contributed by atoms with Crippen LogP contribution in [0.4, 0.5) is 0 Å². The van der Waals surface area contributed by atoms with Crippen molar-refractivity contribution in [3.05, 3.63) is 59.7 Å². The zero-order chi connectivity index (χ0) is 19.8. The molecule has 0 radical (unpaired) electrons. The molecule has 148 valence electrons. The van der Waals surface area contributed by atoms with Crippen molar-refractivity contribution in [3.8, 4) is 5.75 Å². The van der Waals surface area contributed by atoms with Crippen LogP contribution in [0.1, 0.15) is 54.1 Å². The van der Waals surface area contributed by atoms with E-state index < -0.39 is 10.0 Å². The summed E-state index contributed by atoms with van der Waals surface area (Å²) in [7, 11) is -2.20. The summed E-state index contributed by atoms with van der Waals surface area (Å²) in [5.74, 6) is 0.511. The number of amides is 1. The highest BCUT2D eigenvalue weighted by molar-refractivity contribution is 7.89. The van der Waals surface area contributed by atoms with Gasteiger partial charge in [-0.2, -0.15) is 0 Å². The molecule has 1 atom stereocenters. The Morgan fingerprint density at radius 1 is 1.07 bits per heavy atom. The van der Waals surface area contributed by atoms with Crippen LogP contribution >= 0.6 is 0 Å². The largest absolute Gasteiger partial charge is 0.487 e. The molecule has 1 saturated carbocycles. The first kappa shape index (κ1) is 19.0. The maximum Gasteiger partial charge on any atom is 0.251 e. The van der Waals surface area contributed by atoms with Crippen molar-refractivity contribution < 1.29 is 17.9 Å². The van der Waals surface area contributed by atoms with E-state index in [1.807, 2.05) is 24.3 Å². The van der Waals surface area contributed by atoms with Gasteiger partial charge < -0.3 is 10.1 Å².